The van der Waals surface area contributed by atoms with E-state index in [1.807, 2.05) is 32.8 Å². The van der Waals surface area contributed by atoms with Gasteiger partial charge >= 0.3 is 5.97 Å². The number of hydrogen-bond donors (Lipinski definition) is 2. The number of carboxylic acid groups (broad SMARTS) is 1. The second-order valence-electron chi connectivity index (χ2n) is 5.26. The Kier molecular flexibility index (Phi) is 5.47. The number of carbonyl (C=O) groups is 2. The third-order valence-electron chi connectivity index (χ3n) is 3.13. The van der Waals surface area contributed by atoms with E-state index in [0.717, 1.165) is 11.0 Å². The number of amides is 1. The van der Waals surface area contributed by atoms with E-state index in [1.165, 1.54) is 17.4 Å². The molecule has 0 fully saturated rings. The second kappa shape index (κ2) is 6.67. The molecule has 0 atom stereocenters. The third-order valence-corrected chi connectivity index (χ3v) is 4.18. The van der Waals surface area contributed by atoms with Gasteiger partial charge in [0.15, 0.2) is 0 Å². The van der Waals surface area contributed by atoms with Crippen LogP contribution in [0.1, 0.15) is 28.4 Å². The molecular formula is C14H20N2O3S. The lowest BCUT2D eigenvalue weighted by Gasteiger charge is -2.32. The minimum Gasteiger partial charge on any atom is -0.478 e. The molecule has 6 heteroatoms. The van der Waals surface area contributed by atoms with Crippen LogP contribution in [0.4, 0.5) is 0 Å². The predicted octanol–water partition coefficient (Wildman–Crippen LogP) is 1.92. The largest absolute Gasteiger partial charge is 0.478 e. The van der Waals surface area contributed by atoms with Gasteiger partial charge in [-0.25, -0.2) is 4.79 Å². The monoisotopic (exact) mass is 296 g/mol. The van der Waals surface area contributed by atoms with Crippen molar-refractivity contribution in [2.45, 2.75) is 19.4 Å². The maximum Gasteiger partial charge on any atom is 0.328 e. The maximum atomic E-state index is 12.0. The average molecular weight is 296 g/mol. The van der Waals surface area contributed by atoms with Crippen LogP contribution in [0.2, 0.25) is 0 Å². The third kappa shape index (κ3) is 4.79. The van der Waals surface area contributed by atoms with Gasteiger partial charge in [0.25, 0.3) is 5.91 Å². The van der Waals surface area contributed by atoms with Crippen molar-refractivity contribution in [2.75, 3.05) is 20.6 Å². The fourth-order valence-electron chi connectivity index (χ4n) is 1.26. The van der Waals surface area contributed by atoms with E-state index in [9.17, 15) is 9.59 Å². The van der Waals surface area contributed by atoms with E-state index >= 15 is 0 Å². The number of likely N-dealkylation sites (N-methyl/N-ethyl adjacent to an activating group) is 1. The van der Waals surface area contributed by atoms with Gasteiger partial charge in [-0.2, -0.15) is 0 Å². The minimum atomic E-state index is -1.00. The maximum absolute atomic E-state index is 12.0. The van der Waals surface area contributed by atoms with Gasteiger partial charge in [-0.1, -0.05) is 0 Å². The van der Waals surface area contributed by atoms with E-state index in [1.54, 1.807) is 12.1 Å². The van der Waals surface area contributed by atoms with Gasteiger partial charge in [0, 0.05) is 23.0 Å². The molecule has 0 aliphatic rings. The highest BCUT2D eigenvalue weighted by atomic mass is 32.1. The highest BCUT2D eigenvalue weighted by Crippen LogP contribution is 2.18. The molecule has 110 valence electrons. The molecule has 0 saturated heterocycles. The summed E-state index contributed by atoms with van der Waals surface area (Å²) in [5.74, 6) is -1.14. The van der Waals surface area contributed by atoms with Crippen LogP contribution in [0.25, 0.3) is 6.08 Å². The fourth-order valence-corrected chi connectivity index (χ4v) is 2.09. The molecule has 20 heavy (non-hydrogen) atoms. The quantitative estimate of drug-likeness (QED) is 0.787. The number of nitrogens with zero attached hydrogens (tertiary/aromatic N) is 1. The highest BCUT2D eigenvalue weighted by Gasteiger charge is 2.21. The number of rotatable bonds is 6. The zero-order chi connectivity index (χ0) is 15.3. The highest BCUT2D eigenvalue weighted by molar-refractivity contribution is 7.14. The molecule has 5 nitrogen and oxygen atoms in total. The Morgan fingerprint density at radius 2 is 2.05 bits per heavy atom. The summed E-state index contributed by atoms with van der Waals surface area (Å²) in [6, 6.07) is 3.43. The Hall–Kier alpha value is -1.66. The summed E-state index contributed by atoms with van der Waals surface area (Å²) in [6.45, 7) is 4.63. The van der Waals surface area contributed by atoms with E-state index in [2.05, 4.69) is 5.32 Å². The van der Waals surface area contributed by atoms with Crippen molar-refractivity contribution >= 4 is 29.3 Å². The molecule has 1 amide bonds. The molecule has 1 aromatic heterocycles. The predicted molar refractivity (Wildman–Crippen MR) is 81.1 cm³/mol. The Morgan fingerprint density at radius 1 is 1.40 bits per heavy atom. The number of carbonyl (C=O) groups excluding carboxylic acids is 1. The first-order chi connectivity index (χ1) is 9.22. The van der Waals surface area contributed by atoms with Gasteiger partial charge in [-0.05, 0) is 46.2 Å². The summed E-state index contributed by atoms with van der Waals surface area (Å²) in [5.41, 5.74) is -0.126. The average Bonchev–Trinajstić information content (AvgIpc) is 2.82. The summed E-state index contributed by atoms with van der Waals surface area (Å²) in [5, 5.41) is 11.4. The van der Waals surface area contributed by atoms with Crippen molar-refractivity contribution in [2.24, 2.45) is 0 Å². The SMILES string of the molecule is CN(C)C(C)(C)CNC(=O)c1ccc(C=CC(=O)O)s1. The minimum absolute atomic E-state index is 0.126. The van der Waals surface area contributed by atoms with Crippen LogP contribution in [-0.2, 0) is 4.79 Å². The molecule has 0 bridgehead atoms. The van der Waals surface area contributed by atoms with E-state index in [4.69, 9.17) is 5.11 Å². The Balaban J connectivity index is 2.63. The van der Waals surface area contributed by atoms with Crippen LogP contribution in [0.3, 0.4) is 0 Å². The van der Waals surface area contributed by atoms with Crippen LogP contribution in [0, 0.1) is 0 Å². The van der Waals surface area contributed by atoms with Crippen LogP contribution in [0.15, 0.2) is 18.2 Å². The van der Waals surface area contributed by atoms with Crippen LogP contribution < -0.4 is 5.32 Å². The normalized spacial score (nSPS) is 12.1. The van der Waals surface area contributed by atoms with Crippen molar-refractivity contribution < 1.29 is 14.7 Å². The van der Waals surface area contributed by atoms with Crippen LogP contribution in [0.5, 0.6) is 0 Å². The molecular weight excluding hydrogens is 276 g/mol. The molecule has 0 spiro atoms. The zero-order valence-electron chi connectivity index (χ0n) is 12.1. The summed E-state index contributed by atoms with van der Waals surface area (Å²) < 4.78 is 0. The Morgan fingerprint density at radius 3 is 2.60 bits per heavy atom. The summed E-state index contributed by atoms with van der Waals surface area (Å²) in [7, 11) is 3.93. The van der Waals surface area contributed by atoms with E-state index in [0.29, 0.717) is 11.4 Å². The molecule has 0 aliphatic carbocycles. The van der Waals surface area contributed by atoms with Crippen molar-refractivity contribution in [3.8, 4) is 0 Å². The summed E-state index contributed by atoms with van der Waals surface area (Å²) >= 11 is 1.27. The van der Waals surface area contributed by atoms with E-state index in [-0.39, 0.29) is 11.4 Å². The molecule has 1 aromatic rings. The van der Waals surface area contributed by atoms with Crippen LogP contribution in [-0.4, -0.2) is 48.1 Å². The molecule has 2 N–H and O–H groups in total. The Bertz CT molecular complexity index is 518. The van der Waals surface area contributed by atoms with Crippen molar-refractivity contribution in [3.63, 3.8) is 0 Å². The molecule has 0 radical (unpaired) electrons. The van der Waals surface area contributed by atoms with E-state index < -0.39 is 5.97 Å². The molecule has 1 heterocycles. The molecule has 0 aliphatic heterocycles. The lowest BCUT2D eigenvalue weighted by molar-refractivity contribution is -0.131. The molecule has 1 rings (SSSR count). The van der Waals surface area contributed by atoms with Crippen molar-refractivity contribution in [1.82, 2.24) is 10.2 Å². The number of carboxylic acids is 1. The lowest BCUT2D eigenvalue weighted by atomic mass is 10.0. The van der Waals surface area contributed by atoms with Gasteiger partial charge in [-0.3, -0.25) is 4.79 Å². The first-order valence-electron chi connectivity index (χ1n) is 6.19. The van der Waals surface area contributed by atoms with Gasteiger partial charge in [0.05, 0.1) is 4.88 Å². The molecule has 0 saturated carbocycles. The van der Waals surface area contributed by atoms with Gasteiger partial charge in [-0.15, -0.1) is 11.3 Å². The number of aliphatic carboxylic acids is 1. The van der Waals surface area contributed by atoms with Crippen LogP contribution >= 0.6 is 11.3 Å². The smallest absolute Gasteiger partial charge is 0.328 e. The first kappa shape index (κ1) is 16.4. The van der Waals surface area contributed by atoms with Gasteiger partial charge in [0.1, 0.15) is 0 Å². The van der Waals surface area contributed by atoms with Gasteiger partial charge < -0.3 is 15.3 Å². The van der Waals surface area contributed by atoms with Gasteiger partial charge in [0.2, 0.25) is 0 Å². The number of thiophene rings is 1. The fraction of sp³-hybridized carbons (Fsp3) is 0.429. The number of hydrogen-bond acceptors (Lipinski definition) is 4. The zero-order valence-corrected chi connectivity index (χ0v) is 13.0. The van der Waals surface area contributed by atoms with Crippen molar-refractivity contribution in [1.29, 1.82) is 0 Å². The second-order valence-corrected chi connectivity index (χ2v) is 6.38. The van der Waals surface area contributed by atoms with Crippen molar-refractivity contribution in [3.05, 3.63) is 28.0 Å². The topological polar surface area (TPSA) is 69.6 Å². The first-order valence-corrected chi connectivity index (χ1v) is 7.00. The standard InChI is InChI=1S/C14H20N2O3S/c1-14(2,16(3)4)9-15-13(19)11-7-5-10(20-11)6-8-12(17)18/h5-8H,9H2,1-4H3,(H,15,19)(H,17,18). The number of nitrogens with one attached hydrogen (secondary N) is 1. The summed E-state index contributed by atoms with van der Waals surface area (Å²) in [6.07, 6.45) is 2.54. The summed E-state index contributed by atoms with van der Waals surface area (Å²) in [4.78, 5) is 25.8. The lowest BCUT2D eigenvalue weighted by Crippen LogP contribution is -2.48. The molecule has 0 aromatic carbocycles. The molecule has 0 unspecified atom stereocenters. The Labute approximate surface area is 122 Å².